The van der Waals surface area contributed by atoms with Gasteiger partial charge in [0.05, 0.1) is 16.8 Å². The van der Waals surface area contributed by atoms with Crippen molar-refractivity contribution in [1.82, 2.24) is 24.7 Å². The Bertz CT molecular complexity index is 1010. The molecule has 164 valence electrons. The molecular formula is C20H29N5O4S. The van der Waals surface area contributed by atoms with Crippen LogP contribution < -0.4 is 5.56 Å². The first-order chi connectivity index (χ1) is 14.0. The molecule has 10 heteroatoms. The second kappa shape index (κ2) is 8.35. The Balaban J connectivity index is 1.76. The van der Waals surface area contributed by atoms with Crippen LogP contribution in [0.5, 0.6) is 0 Å². The van der Waals surface area contributed by atoms with Crippen LogP contribution >= 0.6 is 11.3 Å². The van der Waals surface area contributed by atoms with Gasteiger partial charge in [-0.1, -0.05) is 0 Å². The summed E-state index contributed by atoms with van der Waals surface area (Å²) < 4.78 is 5.40. The van der Waals surface area contributed by atoms with Gasteiger partial charge in [-0.15, -0.1) is 11.3 Å². The molecule has 0 radical (unpaired) electrons. The Hall–Kier alpha value is -2.46. The van der Waals surface area contributed by atoms with Crippen molar-refractivity contribution < 1.29 is 14.3 Å². The second-order valence-corrected chi connectivity index (χ2v) is 9.75. The third-order valence-corrected chi connectivity index (χ3v) is 5.90. The fourth-order valence-corrected chi connectivity index (χ4v) is 4.50. The fraction of sp³-hybridized carbons (Fsp3) is 0.600. The number of amides is 2. The first-order valence-electron chi connectivity index (χ1n) is 9.90. The van der Waals surface area contributed by atoms with Gasteiger partial charge in [0.1, 0.15) is 16.3 Å². The minimum atomic E-state index is -0.552. The third-order valence-electron chi connectivity index (χ3n) is 4.73. The average Bonchev–Trinajstić information content (AvgIpc) is 2.96. The summed E-state index contributed by atoms with van der Waals surface area (Å²) >= 11 is 1.25. The van der Waals surface area contributed by atoms with Crippen LogP contribution in [-0.2, 0) is 11.3 Å². The Morgan fingerprint density at radius 3 is 2.33 bits per heavy atom. The fourth-order valence-electron chi connectivity index (χ4n) is 3.33. The zero-order valence-electron chi connectivity index (χ0n) is 18.4. The van der Waals surface area contributed by atoms with Gasteiger partial charge in [-0.2, -0.15) is 0 Å². The van der Waals surface area contributed by atoms with Crippen LogP contribution in [0.15, 0.2) is 4.79 Å². The molecule has 2 aromatic rings. The van der Waals surface area contributed by atoms with E-state index in [-0.39, 0.29) is 17.6 Å². The number of aryl methyl sites for hydroxylation is 1. The lowest BCUT2D eigenvalue weighted by atomic mass is 10.2. The molecular weight excluding hydrogens is 406 g/mol. The lowest BCUT2D eigenvalue weighted by molar-refractivity contribution is 0.0141. The number of carbonyl (C=O) groups excluding carboxylic acids is 2. The summed E-state index contributed by atoms with van der Waals surface area (Å²) in [6.45, 7) is 9.44. The molecule has 1 saturated heterocycles. The SMILES string of the molecule is Cc1c(C(=O)N2CCN(C(=O)OC(C)(C)C)CC2)sc2nc(CN(C)C)[nH]c(=O)c12. The monoisotopic (exact) mass is 435 g/mol. The van der Waals surface area contributed by atoms with E-state index in [1.807, 2.05) is 39.8 Å². The molecule has 1 aliphatic rings. The number of ether oxygens (including phenoxy) is 1. The molecule has 0 spiro atoms. The van der Waals surface area contributed by atoms with Gasteiger partial charge in [0.15, 0.2) is 0 Å². The van der Waals surface area contributed by atoms with Crippen LogP contribution in [0, 0.1) is 6.92 Å². The summed E-state index contributed by atoms with van der Waals surface area (Å²) in [5.74, 6) is 0.441. The lowest BCUT2D eigenvalue weighted by Crippen LogP contribution is -2.51. The van der Waals surface area contributed by atoms with Crippen molar-refractivity contribution in [2.45, 2.75) is 39.8 Å². The van der Waals surface area contributed by atoms with E-state index < -0.39 is 5.60 Å². The third kappa shape index (κ3) is 4.81. The average molecular weight is 436 g/mol. The van der Waals surface area contributed by atoms with E-state index in [1.54, 1.807) is 16.7 Å². The van der Waals surface area contributed by atoms with E-state index in [4.69, 9.17) is 4.74 Å². The molecule has 1 fully saturated rings. The number of thiophene rings is 1. The molecule has 9 nitrogen and oxygen atoms in total. The molecule has 0 bridgehead atoms. The number of fused-ring (bicyclic) bond motifs is 1. The largest absolute Gasteiger partial charge is 0.444 e. The summed E-state index contributed by atoms with van der Waals surface area (Å²) in [6, 6.07) is 0. The Labute approximate surface area is 179 Å². The van der Waals surface area contributed by atoms with Gasteiger partial charge in [-0.25, -0.2) is 9.78 Å². The number of aromatic amines is 1. The zero-order valence-corrected chi connectivity index (χ0v) is 19.2. The highest BCUT2D eigenvalue weighted by molar-refractivity contribution is 7.20. The van der Waals surface area contributed by atoms with Gasteiger partial charge in [-0.3, -0.25) is 9.59 Å². The predicted octanol–water partition coefficient (Wildman–Crippen LogP) is 2.05. The minimum absolute atomic E-state index is 0.132. The number of carbonyl (C=O) groups is 2. The van der Waals surface area contributed by atoms with E-state index in [2.05, 4.69) is 9.97 Å². The minimum Gasteiger partial charge on any atom is -0.444 e. The molecule has 0 aliphatic carbocycles. The summed E-state index contributed by atoms with van der Waals surface area (Å²) in [7, 11) is 3.80. The van der Waals surface area contributed by atoms with Crippen molar-refractivity contribution in [3.8, 4) is 0 Å². The van der Waals surface area contributed by atoms with Crippen LogP contribution in [0.2, 0.25) is 0 Å². The Morgan fingerprint density at radius 2 is 1.77 bits per heavy atom. The Kier molecular flexibility index (Phi) is 6.19. The number of hydrogen-bond acceptors (Lipinski definition) is 7. The first kappa shape index (κ1) is 22.2. The second-order valence-electron chi connectivity index (χ2n) is 8.75. The van der Waals surface area contributed by atoms with Crippen molar-refractivity contribution in [1.29, 1.82) is 0 Å². The molecule has 1 aliphatic heterocycles. The molecule has 3 heterocycles. The Morgan fingerprint density at radius 1 is 1.17 bits per heavy atom. The number of piperazine rings is 1. The maximum absolute atomic E-state index is 13.1. The summed E-state index contributed by atoms with van der Waals surface area (Å²) in [5, 5.41) is 0.471. The number of nitrogens with one attached hydrogen (secondary N) is 1. The van der Waals surface area contributed by atoms with E-state index in [9.17, 15) is 14.4 Å². The van der Waals surface area contributed by atoms with Crippen LogP contribution in [-0.4, -0.2) is 82.5 Å². The van der Waals surface area contributed by atoms with Crippen molar-refractivity contribution in [3.05, 3.63) is 26.6 Å². The zero-order chi connectivity index (χ0) is 22.2. The molecule has 0 atom stereocenters. The molecule has 2 aromatic heterocycles. The van der Waals surface area contributed by atoms with Gasteiger partial charge in [0.2, 0.25) is 0 Å². The highest BCUT2D eigenvalue weighted by atomic mass is 32.1. The van der Waals surface area contributed by atoms with Crippen molar-refractivity contribution >= 4 is 33.6 Å². The van der Waals surface area contributed by atoms with E-state index in [0.717, 1.165) is 0 Å². The quantitative estimate of drug-likeness (QED) is 0.792. The van der Waals surface area contributed by atoms with Crippen molar-refractivity contribution in [2.75, 3.05) is 40.3 Å². The van der Waals surface area contributed by atoms with Gasteiger partial charge < -0.3 is 24.4 Å². The van der Waals surface area contributed by atoms with Gasteiger partial charge in [0, 0.05) is 26.2 Å². The number of H-pyrrole nitrogens is 1. The first-order valence-corrected chi connectivity index (χ1v) is 10.7. The highest BCUT2D eigenvalue weighted by Crippen LogP contribution is 2.28. The molecule has 2 amide bonds. The number of hydrogen-bond donors (Lipinski definition) is 1. The molecule has 3 rings (SSSR count). The standard InChI is InChI=1S/C20H29N5O4S/c1-12-14-16(26)21-13(11-23(5)6)22-17(14)30-15(12)18(27)24-7-9-25(10-8-24)19(28)29-20(2,3)4/h7-11H2,1-6H3,(H,21,22,26). The van der Waals surface area contributed by atoms with Gasteiger partial charge in [-0.05, 0) is 47.4 Å². The van der Waals surface area contributed by atoms with Crippen LogP contribution in [0.1, 0.15) is 41.8 Å². The van der Waals surface area contributed by atoms with Crippen LogP contribution in [0.3, 0.4) is 0 Å². The number of nitrogens with zero attached hydrogens (tertiary/aromatic N) is 4. The lowest BCUT2D eigenvalue weighted by Gasteiger charge is -2.35. The van der Waals surface area contributed by atoms with Crippen molar-refractivity contribution in [3.63, 3.8) is 0 Å². The topological polar surface area (TPSA) is 98.8 Å². The van der Waals surface area contributed by atoms with E-state index >= 15 is 0 Å². The van der Waals surface area contributed by atoms with Gasteiger partial charge in [0.25, 0.3) is 11.5 Å². The normalized spacial score (nSPS) is 15.2. The summed E-state index contributed by atoms with van der Waals surface area (Å²) in [5.41, 5.74) is -0.122. The number of aromatic nitrogens is 2. The van der Waals surface area contributed by atoms with Gasteiger partial charge >= 0.3 is 6.09 Å². The highest BCUT2D eigenvalue weighted by Gasteiger charge is 2.30. The number of rotatable bonds is 3. The molecule has 0 saturated carbocycles. The molecule has 1 N–H and O–H groups in total. The smallest absolute Gasteiger partial charge is 0.410 e. The summed E-state index contributed by atoms with van der Waals surface area (Å²) in [6.07, 6.45) is -0.364. The molecule has 0 unspecified atom stereocenters. The van der Waals surface area contributed by atoms with Crippen LogP contribution in [0.4, 0.5) is 4.79 Å². The van der Waals surface area contributed by atoms with E-state index in [0.29, 0.717) is 59.2 Å². The van der Waals surface area contributed by atoms with E-state index in [1.165, 1.54) is 11.3 Å². The molecule has 0 aromatic carbocycles. The maximum atomic E-state index is 13.1. The molecule has 30 heavy (non-hydrogen) atoms. The maximum Gasteiger partial charge on any atom is 0.410 e. The van der Waals surface area contributed by atoms with Crippen molar-refractivity contribution in [2.24, 2.45) is 0 Å². The van der Waals surface area contributed by atoms with Crippen LogP contribution in [0.25, 0.3) is 10.2 Å². The summed E-state index contributed by atoms with van der Waals surface area (Å²) in [4.78, 5) is 51.6. The predicted molar refractivity (Wildman–Crippen MR) is 116 cm³/mol.